The molecule has 0 spiro atoms. The minimum atomic E-state index is -0.141. The zero-order valence-corrected chi connectivity index (χ0v) is 13.6. The molecule has 0 unspecified atom stereocenters. The Morgan fingerprint density at radius 3 is 2.42 bits per heavy atom. The summed E-state index contributed by atoms with van der Waals surface area (Å²) in [5, 5.41) is 0. The van der Waals surface area contributed by atoms with Crippen LogP contribution in [0.4, 0.5) is 10.1 Å². The van der Waals surface area contributed by atoms with Gasteiger partial charge in [-0.3, -0.25) is 4.90 Å². The highest BCUT2D eigenvalue weighted by Gasteiger charge is 2.20. The number of fused-ring (bicyclic) bond motifs is 1. The highest BCUT2D eigenvalue weighted by Crippen LogP contribution is 2.31. The quantitative estimate of drug-likeness (QED) is 0.865. The van der Waals surface area contributed by atoms with Gasteiger partial charge in [0, 0.05) is 32.7 Å². The fraction of sp³-hybridized carbons (Fsp3) is 0.368. The first-order valence-electron chi connectivity index (χ1n) is 8.40. The Bertz CT molecular complexity index is 714. The van der Waals surface area contributed by atoms with Gasteiger partial charge in [0.25, 0.3) is 0 Å². The Morgan fingerprint density at radius 2 is 1.62 bits per heavy atom. The Kier molecular flexibility index (Phi) is 4.26. The van der Waals surface area contributed by atoms with Crippen LogP contribution in [0.2, 0.25) is 0 Å². The number of nitrogens with zero attached hydrogens (tertiary/aromatic N) is 2. The molecule has 1 saturated heterocycles. The molecule has 126 valence electrons. The monoisotopic (exact) mass is 328 g/mol. The molecule has 5 heteroatoms. The van der Waals surface area contributed by atoms with Gasteiger partial charge in [-0.2, -0.15) is 0 Å². The SMILES string of the molecule is Fc1ccccc1N1CCN(Cc2ccc3c(c2)OCCO3)CC1. The highest BCUT2D eigenvalue weighted by atomic mass is 19.1. The van der Waals surface area contributed by atoms with Gasteiger partial charge in [-0.15, -0.1) is 0 Å². The number of para-hydroxylation sites is 1. The number of ether oxygens (including phenoxy) is 2. The third kappa shape index (κ3) is 3.17. The lowest BCUT2D eigenvalue weighted by Crippen LogP contribution is -2.46. The van der Waals surface area contributed by atoms with Gasteiger partial charge in [0.2, 0.25) is 0 Å². The smallest absolute Gasteiger partial charge is 0.161 e. The summed E-state index contributed by atoms with van der Waals surface area (Å²) in [4.78, 5) is 4.51. The molecule has 0 aromatic heterocycles. The van der Waals surface area contributed by atoms with Crippen LogP contribution in [0, 0.1) is 5.82 Å². The van der Waals surface area contributed by atoms with Crippen molar-refractivity contribution in [3.8, 4) is 11.5 Å². The van der Waals surface area contributed by atoms with Crippen LogP contribution in [0.25, 0.3) is 0 Å². The molecule has 0 atom stereocenters. The van der Waals surface area contributed by atoms with Gasteiger partial charge in [-0.1, -0.05) is 18.2 Å². The predicted octanol–water partition coefficient (Wildman–Crippen LogP) is 2.92. The van der Waals surface area contributed by atoms with Crippen molar-refractivity contribution in [2.24, 2.45) is 0 Å². The van der Waals surface area contributed by atoms with Crippen LogP contribution >= 0.6 is 0 Å². The van der Waals surface area contributed by atoms with Crippen molar-refractivity contribution in [2.75, 3.05) is 44.3 Å². The van der Waals surface area contributed by atoms with E-state index < -0.39 is 0 Å². The summed E-state index contributed by atoms with van der Waals surface area (Å²) in [6.07, 6.45) is 0. The predicted molar refractivity (Wildman–Crippen MR) is 91.3 cm³/mol. The van der Waals surface area contributed by atoms with Crippen molar-refractivity contribution in [3.05, 3.63) is 53.8 Å². The molecule has 1 fully saturated rings. The van der Waals surface area contributed by atoms with Crippen LogP contribution in [0.1, 0.15) is 5.56 Å². The average molecular weight is 328 g/mol. The summed E-state index contributed by atoms with van der Waals surface area (Å²) in [5.74, 6) is 1.52. The number of hydrogen-bond acceptors (Lipinski definition) is 4. The second-order valence-electron chi connectivity index (χ2n) is 6.19. The third-order valence-corrected chi connectivity index (χ3v) is 4.58. The van der Waals surface area contributed by atoms with Crippen molar-refractivity contribution in [1.82, 2.24) is 4.90 Å². The zero-order valence-electron chi connectivity index (χ0n) is 13.6. The van der Waals surface area contributed by atoms with Crippen molar-refractivity contribution < 1.29 is 13.9 Å². The standard InChI is InChI=1S/C19H21FN2O2/c20-16-3-1-2-4-17(16)22-9-7-21(8-10-22)14-15-5-6-18-19(13-15)24-12-11-23-18/h1-6,13H,7-12,14H2. The molecule has 2 heterocycles. The van der Waals surface area contributed by atoms with Gasteiger partial charge >= 0.3 is 0 Å². The molecule has 2 aliphatic rings. The molecule has 2 aromatic carbocycles. The first-order valence-corrected chi connectivity index (χ1v) is 8.40. The third-order valence-electron chi connectivity index (χ3n) is 4.58. The van der Waals surface area contributed by atoms with Crippen molar-refractivity contribution in [3.63, 3.8) is 0 Å². The van der Waals surface area contributed by atoms with Gasteiger partial charge in [-0.25, -0.2) is 4.39 Å². The number of hydrogen-bond donors (Lipinski definition) is 0. The Labute approximate surface area is 141 Å². The fourth-order valence-corrected chi connectivity index (χ4v) is 3.30. The van der Waals surface area contributed by atoms with Gasteiger partial charge in [0.1, 0.15) is 19.0 Å². The molecular weight excluding hydrogens is 307 g/mol. The summed E-state index contributed by atoms with van der Waals surface area (Å²) >= 11 is 0. The van der Waals surface area contributed by atoms with E-state index >= 15 is 0 Å². The summed E-state index contributed by atoms with van der Waals surface area (Å²) in [5.41, 5.74) is 1.93. The summed E-state index contributed by atoms with van der Waals surface area (Å²) in [6.45, 7) is 5.62. The van der Waals surface area contributed by atoms with Crippen LogP contribution < -0.4 is 14.4 Å². The minimum absolute atomic E-state index is 0.141. The number of anilines is 1. The number of benzene rings is 2. The maximum atomic E-state index is 13.9. The summed E-state index contributed by atoms with van der Waals surface area (Å²) < 4.78 is 25.1. The van der Waals surface area contributed by atoms with Crippen LogP contribution in [-0.2, 0) is 6.54 Å². The first-order chi connectivity index (χ1) is 11.8. The van der Waals surface area contributed by atoms with Crippen LogP contribution in [-0.4, -0.2) is 44.3 Å². The summed E-state index contributed by atoms with van der Waals surface area (Å²) in [7, 11) is 0. The average Bonchev–Trinajstić information content (AvgIpc) is 2.63. The van der Waals surface area contributed by atoms with Crippen molar-refractivity contribution >= 4 is 5.69 Å². The molecule has 0 radical (unpaired) electrons. The molecule has 0 aliphatic carbocycles. The van der Waals surface area contributed by atoms with Gasteiger partial charge in [0.15, 0.2) is 11.5 Å². The maximum absolute atomic E-state index is 13.9. The van der Waals surface area contributed by atoms with Crippen molar-refractivity contribution in [1.29, 1.82) is 0 Å². The normalized spacial score (nSPS) is 17.8. The van der Waals surface area contributed by atoms with E-state index in [0.29, 0.717) is 18.9 Å². The van der Waals surface area contributed by atoms with E-state index in [4.69, 9.17) is 9.47 Å². The fourth-order valence-electron chi connectivity index (χ4n) is 3.30. The van der Waals surface area contributed by atoms with Crippen molar-refractivity contribution in [2.45, 2.75) is 6.54 Å². The molecule has 0 bridgehead atoms. The second kappa shape index (κ2) is 6.69. The molecule has 0 N–H and O–H groups in total. The molecule has 2 aromatic rings. The van der Waals surface area contributed by atoms with Gasteiger partial charge in [0.05, 0.1) is 5.69 Å². The highest BCUT2D eigenvalue weighted by molar-refractivity contribution is 5.48. The van der Waals surface area contributed by atoms with Crippen LogP contribution in [0.5, 0.6) is 11.5 Å². The van der Waals surface area contributed by atoms with E-state index in [1.165, 1.54) is 11.6 Å². The topological polar surface area (TPSA) is 24.9 Å². The Balaban J connectivity index is 1.37. The van der Waals surface area contributed by atoms with Crippen LogP contribution in [0.15, 0.2) is 42.5 Å². The van der Waals surface area contributed by atoms with Crippen LogP contribution in [0.3, 0.4) is 0 Å². The minimum Gasteiger partial charge on any atom is -0.486 e. The lowest BCUT2D eigenvalue weighted by molar-refractivity contribution is 0.171. The van der Waals surface area contributed by atoms with E-state index in [1.807, 2.05) is 18.2 Å². The zero-order chi connectivity index (χ0) is 16.4. The van der Waals surface area contributed by atoms with E-state index in [1.54, 1.807) is 6.07 Å². The first kappa shape index (κ1) is 15.3. The number of rotatable bonds is 3. The number of piperazine rings is 1. The molecule has 2 aliphatic heterocycles. The lowest BCUT2D eigenvalue weighted by Gasteiger charge is -2.36. The second-order valence-corrected chi connectivity index (χ2v) is 6.19. The molecule has 24 heavy (non-hydrogen) atoms. The maximum Gasteiger partial charge on any atom is 0.161 e. The van der Waals surface area contributed by atoms with E-state index in [9.17, 15) is 4.39 Å². The van der Waals surface area contributed by atoms with E-state index in [0.717, 1.165) is 44.2 Å². The largest absolute Gasteiger partial charge is 0.486 e. The van der Waals surface area contributed by atoms with Gasteiger partial charge in [-0.05, 0) is 29.8 Å². The van der Waals surface area contributed by atoms with E-state index in [2.05, 4.69) is 21.9 Å². The molecule has 4 nitrogen and oxygen atoms in total. The van der Waals surface area contributed by atoms with Gasteiger partial charge < -0.3 is 14.4 Å². The molecule has 4 rings (SSSR count). The Morgan fingerprint density at radius 1 is 0.875 bits per heavy atom. The van der Waals surface area contributed by atoms with E-state index in [-0.39, 0.29) is 5.82 Å². The number of halogens is 1. The summed E-state index contributed by atoms with van der Waals surface area (Å²) in [6, 6.07) is 13.1. The Hall–Kier alpha value is -2.27. The molecule has 0 amide bonds. The molecular formula is C19H21FN2O2. The molecule has 0 saturated carbocycles. The lowest BCUT2D eigenvalue weighted by atomic mass is 10.1.